The van der Waals surface area contributed by atoms with Crippen LogP contribution in [-0.2, 0) is 4.79 Å². The molecule has 0 aliphatic heterocycles. The third kappa shape index (κ3) is 4.92. The van der Waals surface area contributed by atoms with E-state index in [9.17, 15) is 9.59 Å². The van der Waals surface area contributed by atoms with E-state index in [1.54, 1.807) is 41.1 Å². The van der Waals surface area contributed by atoms with Crippen LogP contribution in [0.2, 0.25) is 15.1 Å². The molecule has 182 valence electrons. The van der Waals surface area contributed by atoms with E-state index in [1.165, 1.54) is 0 Å². The lowest BCUT2D eigenvalue weighted by Crippen LogP contribution is -2.56. The van der Waals surface area contributed by atoms with Crippen molar-refractivity contribution in [3.63, 3.8) is 0 Å². The Kier molecular flexibility index (Phi) is 6.32. The number of ether oxygens (including phenoxy) is 1. The van der Waals surface area contributed by atoms with Crippen LogP contribution in [0, 0.1) is 12.3 Å². The number of amides is 1. The maximum Gasteiger partial charge on any atom is 0.272 e. The van der Waals surface area contributed by atoms with Gasteiger partial charge < -0.3 is 10.1 Å². The quantitative estimate of drug-likeness (QED) is 0.374. The smallest absolute Gasteiger partial charge is 0.272 e. The van der Waals surface area contributed by atoms with Gasteiger partial charge in [-0.25, -0.2) is 4.68 Å². The molecule has 3 aromatic rings. The predicted octanol–water partition coefficient (Wildman–Crippen LogP) is 6.22. The van der Waals surface area contributed by atoms with Gasteiger partial charge in [0.15, 0.2) is 11.5 Å². The zero-order valence-corrected chi connectivity index (χ0v) is 21.4. The number of carbonyl (C=O) groups is 2. The Morgan fingerprint density at radius 1 is 1.03 bits per heavy atom. The van der Waals surface area contributed by atoms with E-state index in [4.69, 9.17) is 39.5 Å². The average molecular weight is 533 g/mol. The molecule has 3 fully saturated rings. The Morgan fingerprint density at radius 3 is 2.49 bits per heavy atom. The number of benzene rings is 2. The van der Waals surface area contributed by atoms with Crippen molar-refractivity contribution in [1.82, 2.24) is 15.1 Å². The lowest BCUT2D eigenvalue weighted by atomic mass is 9.63. The Labute approximate surface area is 218 Å². The van der Waals surface area contributed by atoms with Gasteiger partial charge in [-0.2, -0.15) is 5.10 Å². The van der Waals surface area contributed by atoms with E-state index in [0.717, 1.165) is 37.1 Å². The second kappa shape index (κ2) is 9.16. The first-order chi connectivity index (χ1) is 16.7. The second-order valence-electron chi connectivity index (χ2n) is 9.73. The minimum Gasteiger partial charge on any atom is -0.486 e. The minimum atomic E-state index is -0.264. The Hall–Kier alpha value is -2.54. The highest BCUT2D eigenvalue weighted by molar-refractivity contribution is 6.42. The molecule has 0 unspecified atom stereocenters. The van der Waals surface area contributed by atoms with Crippen molar-refractivity contribution in [2.24, 2.45) is 5.41 Å². The summed E-state index contributed by atoms with van der Waals surface area (Å²) in [6.07, 6.45) is 3.79. The number of nitrogens with one attached hydrogen (secondary N) is 1. The van der Waals surface area contributed by atoms with Gasteiger partial charge in [0.2, 0.25) is 0 Å². The van der Waals surface area contributed by atoms with Crippen LogP contribution in [-0.4, -0.2) is 33.6 Å². The molecule has 0 spiro atoms. The molecule has 3 aliphatic rings. The number of aromatic nitrogens is 2. The summed E-state index contributed by atoms with van der Waals surface area (Å²) in [7, 11) is 0. The van der Waals surface area contributed by atoms with Crippen molar-refractivity contribution >= 4 is 46.5 Å². The molecule has 9 heteroatoms. The molecule has 1 aromatic heterocycles. The van der Waals surface area contributed by atoms with E-state index in [-0.39, 0.29) is 29.3 Å². The highest BCUT2D eigenvalue weighted by atomic mass is 35.5. The molecule has 2 bridgehead atoms. The molecule has 0 saturated heterocycles. The van der Waals surface area contributed by atoms with Gasteiger partial charge >= 0.3 is 0 Å². The topological polar surface area (TPSA) is 73.2 Å². The van der Waals surface area contributed by atoms with Crippen LogP contribution < -0.4 is 10.1 Å². The monoisotopic (exact) mass is 531 g/mol. The number of ketones is 1. The van der Waals surface area contributed by atoms with Crippen molar-refractivity contribution in [3.05, 3.63) is 75.0 Å². The van der Waals surface area contributed by atoms with E-state index >= 15 is 0 Å². The molecule has 0 atom stereocenters. The number of Topliss-reactive ketones (excluding diaryl/α,β-unsaturated/α-hetero) is 1. The summed E-state index contributed by atoms with van der Waals surface area (Å²) in [5.74, 6) is 0.362. The van der Waals surface area contributed by atoms with E-state index in [2.05, 4.69) is 10.4 Å². The van der Waals surface area contributed by atoms with Crippen LogP contribution in [0.3, 0.4) is 0 Å². The summed E-state index contributed by atoms with van der Waals surface area (Å²) in [5.41, 5.74) is 1.75. The van der Waals surface area contributed by atoms with Crippen molar-refractivity contribution in [2.75, 3.05) is 6.61 Å². The summed E-state index contributed by atoms with van der Waals surface area (Å²) in [4.78, 5) is 25.6. The molecular weight excluding hydrogens is 509 g/mol. The Bertz CT molecular complexity index is 1300. The van der Waals surface area contributed by atoms with Gasteiger partial charge in [0, 0.05) is 28.7 Å². The van der Waals surface area contributed by atoms with Gasteiger partial charge in [-0.05, 0) is 80.5 Å². The number of aryl methyl sites for hydroxylation is 1. The Morgan fingerprint density at radius 2 is 1.77 bits per heavy atom. The van der Waals surface area contributed by atoms with E-state index < -0.39 is 0 Å². The summed E-state index contributed by atoms with van der Waals surface area (Å²) >= 11 is 17.9. The zero-order chi connectivity index (χ0) is 24.8. The minimum absolute atomic E-state index is 0.0134. The maximum absolute atomic E-state index is 13.0. The lowest BCUT2D eigenvalue weighted by Gasteiger charge is -2.47. The fraction of sp³-hybridized carbons (Fsp3) is 0.346. The van der Waals surface area contributed by atoms with Gasteiger partial charge in [-0.1, -0.05) is 34.8 Å². The molecule has 3 aliphatic carbocycles. The highest BCUT2D eigenvalue weighted by Gasteiger charge is 2.61. The van der Waals surface area contributed by atoms with Crippen LogP contribution >= 0.6 is 34.8 Å². The van der Waals surface area contributed by atoms with Gasteiger partial charge in [0.1, 0.15) is 12.4 Å². The third-order valence-electron chi connectivity index (χ3n) is 6.99. The molecule has 3 saturated carbocycles. The van der Waals surface area contributed by atoms with E-state index in [1.807, 2.05) is 19.1 Å². The molecule has 6 nitrogen and oxygen atoms in total. The SMILES string of the molecule is Cc1cc(C(=O)NC23CCC(CC(=O)COc4ccc(Cl)c(Cl)c4)(C2)C3)nn1-c1ccc(Cl)cc1. The van der Waals surface area contributed by atoms with Crippen LogP contribution in [0.15, 0.2) is 48.5 Å². The summed E-state index contributed by atoms with van der Waals surface area (Å²) in [5, 5.41) is 9.17. The fourth-order valence-corrected chi connectivity index (χ4v) is 5.95. The number of carbonyl (C=O) groups excluding carboxylic acids is 2. The number of hydrogen-bond acceptors (Lipinski definition) is 4. The number of hydrogen-bond donors (Lipinski definition) is 1. The molecule has 6 rings (SSSR count). The predicted molar refractivity (Wildman–Crippen MR) is 136 cm³/mol. The largest absolute Gasteiger partial charge is 0.486 e. The van der Waals surface area contributed by atoms with Crippen molar-refractivity contribution in [1.29, 1.82) is 0 Å². The lowest BCUT2D eigenvalue weighted by molar-refractivity contribution is -0.124. The molecule has 35 heavy (non-hydrogen) atoms. The van der Waals surface area contributed by atoms with Crippen LogP contribution in [0.5, 0.6) is 5.75 Å². The van der Waals surface area contributed by atoms with Crippen LogP contribution in [0.1, 0.15) is 48.3 Å². The van der Waals surface area contributed by atoms with Crippen LogP contribution in [0.4, 0.5) is 0 Å². The Balaban J connectivity index is 1.16. The van der Waals surface area contributed by atoms with Gasteiger partial charge in [-0.3, -0.25) is 9.59 Å². The van der Waals surface area contributed by atoms with Gasteiger partial charge in [-0.15, -0.1) is 0 Å². The van der Waals surface area contributed by atoms with E-state index in [0.29, 0.717) is 32.9 Å². The number of nitrogens with zero attached hydrogens (tertiary/aromatic N) is 2. The van der Waals surface area contributed by atoms with Gasteiger partial charge in [0.25, 0.3) is 5.91 Å². The third-order valence-corrected chi connectivity index (χ3v) is 7.98. The normalized spacial score (nSPS) is 22.5. The fourth-order valence-electron chi connectivity index (χ4n) is 5.54. The number of fused-ring (bicyclic) bond motifs is 1. The summed E-state index contributed by atoms with van der Waals surface area (Å²) in [6, 6.07) is 14.0. The standard InChI is InChI=1S/C26H24Cl3N3O3/c1-16-10-23(31-32(16)18-4-2-17(27)3-5-18)24(34)30-26-9-8-25(14-26,15-26)12-19(33)13-35-20-6-7-21(28)22(29)11-20/h2-7,10-11H,8-9,12-15H2,1H3,(H,30,34). The maximum atomic E-state index is 13.0. The first-order valence-corrected chi connectivity index (χ1v) is 12.5. The van der Waals surface area contributed by atoms with Crippen molar-refractivity contribution in [2.45, 2.75) is 44.6 Å². The van der Waals surface area contributed by atoms with Crippen molar-refractivity contribution < 1.29 is 14.3 Å². The summed E-state index contributed by atoms with van der Waals surface area (Å²) < 4.78 is 7.33. The summed E-state index contributed by atoms with van der Waals surface area (Å²) in [6.45, 7) is 1.90. The average Bonchev–Trinajstić information content (AvgIpc) is 3.46. The first-order valence-electron chi connectivity index (χ1n) is 11.4. The molecular formula is C26H24Cl3N3O3. The molecule has 1 heterocycles. The first kappa shape index (κ1) is 24.2. The molecule has 2 aromatic carbocycles. The zero-order valence-electron chi connectivity index (χ0n) is 19.1. The number of rotatable bonds is 8. The van der Waals surface area contributed by atoms with Crippen LogP contribution in [0.25, 0.3) is 5.69 Å². The molecule has 1 N–H and O–H groups in total. The highest BCUT2D eigenvalue weighted by Crippen LogP contribution is 2.63. The molecule has 0 radical (unpaired) electrons. The van der Waals surface area contributed by atoms with Gasteiger partial charge in [0.05, 0.1) is 15.7 Å². The van der Waals surface area contributed by atoms with Crippen molar-refractivity contribution in [3.8, 4) is 11.4 Å². The second-order valence-corrected chi connectivity index (χ2v) is 11.0. The number of halogens is 3. The molecule has 1 amide bonds.